The highest BCUT2D eigenvalue weighted by Crippen LogP contribution is 2.38. The highest BCUT2D eigenvalue weighted by atomic mass is 16.5. The minimum atomic E-state index is -0.355. The van der Waals surface area contributed by atoms with E-state index in [0.29, 0.717) is 5.89 Å². The van der Waals surface area contributed by atoms with Gasteiger partial charge in [-0.1, -0.05) is 49.7 Å². The largest absolute Gasteiger partial charge is 0.368 e. The molecule has 2 atom stereocenters. The topological polar surface area (TPSA) is 103 Å². The quantitative estimate of drug-likeness (QED) is 0.679. The van der Waals surface area contributed by atoms with Crippen LogP contribution in [0.3, 0.4) is 0 Å². The fourth-order valence-electron chi connectivity index (χ4n) is 3.87. The fraction of sp³-hybridized carbons (Fsp3) is 0.455. The molecule has 1 saturated heterocycles. The molecule has 2 unspecified atom stereocenters. The van der Waals surface area contributed by atoms with E-state index in [-0.39, 0.29) is 23.3 Å². The number of hydrogen-bond acceptors (Lipinski definition) is 7. The van der Waals surface area contributed by atoms with Crippen LogP contribution in [0.15, 0.2) is 41.2 Å². The molecule has 7 heteroatoms. The molecular formula is C22H28N6O. The summed E-state index contributed by atoms with van der Waals surface area (Å²) in [6, 6.07) is 8.57. The van der Waals surface area contributed by atoms with Crippen LogP contribution in [0.4, 0.5) is 5.95 Å². The van der Waals surface area contributed by atoms with Crippen LogP contribution in [0.1, 0.15) is 63.4 Å². The van der Waals surface area contributed by atoms with Crippen molar-refractivity contribution in [3.05, 3.63) is 53.9 Å². The lowest BCUT2D eigenvalue weighted by molar-refractivity contribution is 0.290. The number of nitrogen functional groups attached to an aromatic ring is 1. The van der Waals surface area contributed by atoms with Crippen molar-refractivity contribution in [2.45, 2.75) is 51.5 Å². The maximum absolute atomic E-state index is 5.67. The second kappa shape index (κ2) is 7.91. The van der Waals surface area contributed by atoms with E-state index in [9.17, 15) is 0 Å². The van der Waals surface area contributed by atoms with Crippen molar-refractivity contribution in [3.8, 4) is 11.1 Å². The molecule has 0 aliphatic carbocycles. The van der Waals surface area contributed by atoms with Crippen molar-refractivity contribution in [2.24, 2.45) is 5.92 Å². The number of nitrogens with zero attached hydrogens (tertiary/aromatic N) is 4. The monoisotopic (exact) mass is 392 g/mol. The Morgan fingerprint density at radius 3 is 2.45 bits per heavy atom. The van der Waals surface area contributed by atoms with Gasteiger partial charge in [-0.15, -0.1) is 0 Å². The second-order valence-corrected chi connectivity index (χ2v) is 8.22. The molecule has 152 valence electrons. The predicted molar refractivity (Wildman–Crippen MR) is 112 cm³/mol. The van der Waals surface area contributed by atoms with E-state index in [1.165, 1.54) is 12.8 Å². The van der Waals surface area contributed by atoms with Gasteiger partial charge in [0.2, 0.25) is 11.8 Å². The summed E-state index contributed by atoms with van der Waals surface area (Å²) in [4.78, 5) is 13.0. The van der Waals surface area contributed by atoms with Gasteiger partial charge < -0.3 is 15.6 Å². The van der Waals surface area contributed by atoms with E-state index < -0.39 is 0 Å². The van der Waals surface area contributed by atoms with Crippen LogP contribution < -0.4 is 11.1 Å². The zero-order valence-electron chi connectivity index (χ0n) is 17.2. The maximum Gasteiger partial charge on any atom is 0.243 e. The van der Waals surface area contributed by atoms with Crippen LogP contribution in [0.5, 0.6) is 0 Å². The highest BCUT2D eigenvalue weighted by molar-refractivity contribution is 5.62. The smallest absolute Gasteiger partial charge is 0.243 e. The molecule has 7 nitrogen and oxygen atoms in total. The summed E-state index contributed by atoms with van der Waals surface area (Å²) in [7, 11) is 0. The molecule has 1 fully saturated rings. The van der Waals surface area contributed by atoms with E-state index >= 15 is 0 Å². The lowest BCUT2D eigenvalue weighted by Gasteiger charge is -2.31. The minimum absolute atomic E-state index is 0.161. The first-order valence-electron chi connectivity index (χ1n) is 10.2. The van der Waals surface area contributed by atoms with E-state index in [1.54, 1.807) is 12.4 Å². The Balaban J connectivity index is 1.64. The van der Waals surface area contributed by atoms with Crippen molar-refractivity contribution >= 4 is 5.95 Å². The second-order valence-electron chi connectivity index (χ2n) is 8.22. The Hall–Kier alpha value is -2.80. The molecule has 1 aromatic carbocycles. The Morgan fingerprint density at radius 2 is 1.83 bits per heavy atom. The van der Waals surface area contributed by atoms with Crippen LogP contribution in [0.2, 0.25) is 0 Å². The van der Waals surface area contributed by atoms with Crippen molar-refractivity contribution in [1.29, 1.82) is 0 Å². The SMILES string of the molecule is CC(C)C(C)(c1ccc(-c2cnc(N)nc2)cc1)c1noc(C2CCCCN2)n1. The average molecular weight is 393 g/mol. The zero-order valence-corrected chi connectivity index (χ0v) is 17.2. The third-order valence-corrected chi connectivity index (χ3v) is 6.16. The summed E-state index contributed by atoms with van der Waals surface area (Å²) in [6.07, 6.45) is 6.90. The minimum Gasteiger partial charge on any atom is -0.368 e. The molecule has 0 radical (unpaired) electrons. The Morgan fingerprint density at radius 1 is 1.10 bits per heavy atom. The lowest BCUT2D eigenvalue weighted by atomic mass is 9.72. The number of rotatable bonds is 5. The molecule has 0 saturated carbocycles. The van der Waals surface area contributed by atoms with Gasteiger partial charge in [-0.05, 0) is 43.4 Å². The van der Waals surface area contributed by atoms with Gasteiger partial charge in [0.25, 0.3) is 0 Å². The summed E-state index contributed by atoms with van der Waals surface area (Å²) in [5.74, 6) is 2.00. The van der Waals surface area contributed by atoms with Crippen LogP contribution in [-0.4, -0.2) is 26.7 Å². The molecule has 4 rings (SSSR count). The number of piperidine rings is 1. The first-order valence-corrected chi connectivity index (χ1v) is 10.2. The molecule has 3 aromatic rings. The zero-order chi connectivity index (χ0) is 20.4. The molecule has 3 heterocycles. The summed E-state index contributed by atoms with van der Waals surface area (Å²) in [5, 5.41) is 7.87. The normalized spacial score (nSPS) is 19.2. The van der Waals surface area contributed by atoms with Crippen molar-refractivity contribution in [3.63, 3.8) is 0 Å². The molecule has 1 aliphatic heterocycles. The van der Waals surface area contributed by atoms with Crippen LogP contribution in [0, 0.1) is 5.92 Å². The Labute approximate surface area is 171 Å². The number of nitrogens with one attached hydrogen (secondary N) is 1. The number of aromatic nitrogens is 4. The molecule has 29 heavy (non-hydrogen) atoms. The molecule has 0 spiro atoms. The van der Waals surface area contributed by atoms with Gasteiger partial charge in [0, 0.05) is 18.0 Å². The molecular weight excluding hydrogens is 364 g/mol. The van der Waals surface area contributed by atoms with Gasteiger partial charge in [-0.3, -0.25) is 0 Å². The van der Waals surface area contributed by atoms with Gasteiger partial charge in [-0.2, -0.15) is 4.98 Å². The number of hydrogen-bond donors (Lipinski definition) is 2. The number of benzene rings is 1. The van der Waals surface area contributed by atoms with E-state index in [4.69, 9.17) is 15.2 Å². The molecule has 0 bridgehead atoms. The molecule has 3 N–H and O–H groups in total. The highest BCUT2D eigenvalue weighted by Gasteiger charge is 2.38. The average Bonchev–Trinajstić information content (AvgIpc) is 3.25. The van der Waals surface area contributed by atoms with Crippen LogP contribution in [-0.2, 0) is 5.41 Å². The first-order chi connectivity index (χ1) is 14.0. The molecule has 0 amide bonds. The predicted octanol–water partition coefficient (Wildman–Crippen LogP) is 3.89. The van der Waals surface area contributed by atoms with Crippen molar-refractivity contribution in [1.82, 2.24) is 25.4 Å². The van der Waals surface area contributed by atoms with Gasteiger partial charge in [0.05, 0.1) is 11.5 Å². The van der Waals surface area contributed by atoms with E-state index in [1.807, 2.05) is 0 Å². The van der Waals surface area contributed by atoms with Gasteiger partial charge >= 0.3 is 0 Å². The van der Waals surface area contributed by atoms with E-state index in [0.717, 1.165) is 35.5 Å². The third kappa shape index (κ3) is 3.74. The third-order valence-electron chi connectivity index (χ3n) is 6.16. The molecule has 1 aliphatic rings. The standard InChI is InChI=1S/C22H28N6O/c1-14(2)22(3,20-27-19(29-28-20)18-6-4-5-11-24-18)17-9-7-15(8-10-17)16-12-25-21(23)26-13-16/h7-10,12-14,18,24H,4-6,11H2,1-3H3,(H2,23,25,26). The Kier molecular flexibility index (Phi) is 5.32. The van der Waals surface area contributed by atoms with Gasteiger partial charge in [0.1, 0.15) is 0 Å². The van der Waals surface area contributed by atoms with Crippen LogP contribution >= 0.6 is 0 Å². The molecule has 2 aromatic heterocycles. The van der Waals surface area contributed by atoms with E-state index in [2.05, 4.69) is 65.5 Å². The fourth-order valence-corrected chi connectivity index (χ4v) is 3.87. The van der Waals surface area contributed by atoms with Crippen molar-refractivity contribution in [2.75, 3.05) is 12.3 Å². The summed E-state index contributed by atoms with van der Waals surface area (Å²) in [6.45, 7) is 7.56. The van der Waals surface area contributed by atoms with Crippen LogP contribution in [0.25, 0.3) is 11.1 Å². The van der Waals surface area contributed by atoms with Gasteiger partial charge in [0.15, 0.2) is 5.82 Å². The summed E-state index contributed by atoms with van der Waals surface area (Å²) < 4.78 is 5.67. The Bertz CT molecular complexity index is 944. The summed E-state index contributed by atoms with van der Waals surface area (Å²) >= 11 is 0. The lowest BCUT2D eigenvalue weighted by Crippen LogP contribution is -2.32. The van der Waals surface area contributed by atoms with Gasteiger partial charge in [-0.25, -0.2) is 9.97 Å². The number of anilines is 1. The summed E-state index contributed by atoms with van der Waals surface area (Å²) in [5.41, 5.74) is 8.36. The first kappa shape index (κ1) is 19.5. The van der Waals surface area contributed by atoms with Crippen molar-refractivity contribution < 1.29 is 4.52 Å². The maximum atomic E-state index is 5.67. The number of nitrogens with two attached hydrogens (primary N) is 1.